The van der Waals surface area contributed by atoms with Gasteiger partial charge in [-0.3, -0.25) is 4.79 Å². The molecule has 0 aliphatic rings. The molecule has 0 fully saturated rings. The zero-order valence-corrected chi connectivity index (χ0v) is 11.4. The van der Waals surface area contributed by atoms with Gasteiger partial charge in [0, 0.05) is 18.8 Å². The Morgan fingerprint density at radius 3 is 2.39 bits per heavy atom. The summed E-state index contributed by atoms with van der Waals surface area (Å²) in [5, 5.41) is 3.11. The van der Waals surface area contributed by atoms with Crippen LogP contribution in [0.4, 0.5) is 5.69 Å². The third-order valence-corrected chi connectivity index (χ3v) is 2.98. The molecule has 1 aromatic rings. The third-order valence-electron chi connectivity index (χ3n) is 2.98. The number of aryl methyl sites for hydroxylation is 1. The molecule has 1 amide bonds. The molecule has 1 aromatic carbocycles. The van der Waals surface area contributed by atoms with Gasteiger partial charge in [-0.05, 0) is 32.5 Å². The topological polar surface area (TPSA) is 58.4 Å². The Morgan fingerprint density at radius 1 is 1.33 bits per heavy atom. The van der Waals surface area contributed by atoms with Crippen LogP contribution in [-0.4, -0.2) is 31.6 Å². The predicted molar refractivity (Wildman–Crippen MR) is 75.7 cm³/mol. The maximum Gasteiger partial charge on any atom is 0.236 e. The number of rotatable bonds is 7. The lowest BCUT2D eigenvalue weighted by Gasteiger charge is -2.27. The summed E-state index contributed by atoms with van der Waals surface area (Å²) in [5.41, 5.74) is 7.75. The molecule has 1 atom stereocenters. The quantitative estimate of drug-likeness (QED) is 0.765. The van der Waals surface area contributed by atoms with E-state index in [1.165, 1.54) is 5.56 Å². The molecule has 0 spiro atoms. The number of nitrogens with zero attached hydrogens (tertiary/aromatic N) is 1. The summed E-state index contributed by atoms with van der Waals surface area (Å²) in [6.45, 7) is 8.28. The molecule has 4 heteroatoms. The lowest BCUT2D eigenvalue weighted by Crippen LogP contribution is -2.49. The van der Waals surface area contributed by atoms with Crippen molar-refractivity contribution < 1.29 is 4.79 Å². The fraction of sp³-hybridized carbons (Fsp3) is 0.500. The highest BCUT2D eigenvalue weighted by Crippen LogP contribution is 2.15. The molecule has 0 aromatic heterocycles. The number of carbonyl (C=O) groups is 1. The molecular weight excluding hydrogens is 226 g/mol. The summed E-state index contributed by atoms with van der Waals surface area (Å²) in [7, 11) is 0. The maximum absolute atomic E-state index is 11.4. The number of hydrogen-bond acceptors (Lipinski definition) is 3. The molecule has 0 radical (unpaired) electrons. The molecule has 0 heterocycles. The zero-order chi connectivity index (χ0) is 13.5. The van der Waals surface area contributed by atoms with E-state index in [1.54, 1.807) is 0 Å². The summed E-state index contributed by atoms with van der Waals surface area (Å²) in [5.74, 6) is -0.303. The SMILES string of the molecule is CCNC(CN(CC)c1ccc(C)cc1)C(N)=O. The summed E-state index contributed by atoms with van der Waals surface area (Å²) in [6.07, 6.45) is 0. The number of anilines is 1. The molecule has 1 unspecified atom stereocenters. The van der Waals surface area contributed by atoms with Crippen molar-refractivity contribution in [3.63, 3.8) is 0 Å². The monoisotopic (exact) mass is 249 g/mol. The predicted octanol–water partition coefficient (Wildman–Crippen LogP) is 1.28. The van der Waals surface area contributed by atoms with Gasteiger partial charge in [0.25, 0.3) is 0 Å². The number of primary amides is 1. The second-order valence-corrected chi connectivity index (χ2v) is 4.39. The van der Waals surface area contributed by atoms with Crippen molar-refractivity contribution in [2.24, 2.45) is 5.73 Å². The molecule has 0 aliphatic heterocycles. The number of nitrogens with two attached hydrogens (primary N) is 1. The van der Waals surface area contributed by atoms with Gasteiger partial charge in [-0.2, -0.15) is 0 Å². The second kappa shape index (κ2) is 7.01. The number of hydrogen-bond donors (Lipinski definition) is 2. The van der Waals surface area contributed by atoms with Gasteiger partial charge < -0.3 is 16.0 Å². The first-order chi connectivity index (χ1) is 8.58. The van der Waals surface area contributed by atoms with E-state index >= 15 is 0 Å². The van der Waals surface area contributed by atoms with Crippen molar-refractivity contribution in [1.29, 1.82) is 0 Å². The van der Waals surface area contributed by atoms with Gasteiger partial charge in [-0.15, -0.1) is 0 Å². The van der Waals surface area contributed by atoms with E-state index in [1.807, 2.05) is 6.92 Å². The summed E-state index contributed by atoms with van der Waals surface area (Å²) >= 11 is 0. The van der Waals surface area contributed by atoms with Crippen LogP contribution in [0.5, 0.6) is 0 Å². The van der Waals surface area contributed by atoms with E-state index in [4.69, 9.17) is 5.73 Å². The van der Waals surface area contributed by atoms with Crippen LogP contribution in [0.15, 0.2) is 24.3 Å². The summed E-state index contributed by atoms with van der Waals surface area (Å²) in [4.78, 5) is 13.5. The van der Waals surface area contributed by atoms with Crippen LogP contribution in [0, 0.1) is 6.92 Å². The van der Waals surface area contributed by atoms with Crippen LogP contribution in [0.1, 0.15) is 19.4 Å². The minimum atomic E-state index is -0.309. The van der Waals surface area contributed by atoms with Crippen molar-refractivity contribution in [3.05, 3.63) is 29.8 Å². The number of likely N-dealkylation sites (N-methyl/N-ethyl adjacent to an activating group) is 2. The van der Waals surface area contributed by atoms with Crippen LogP contribution in [0.3, 0.4) is 0 Å². The first-order valence-electron chi connectivity index (χ1n) is 6.42. The molecule has 0 saturated heterocycles. The van der Waals surface area contributed by atoms with Gasteiger partial charge in [0.15, 0.2) is 0 Å². The molecule has 0 aliphatic carbocycles. The Morgan fingerprint density at radius 2 is 1.94 bits per heavy atom. The highest BCUT2D eigenvalue weighted by molar-refractivity contribution is 5.80. The van der Waals surface area contributed by atoms with Crippen LogP contribution in [-0.2, 0) is 4.79 Å². The van der Waals surface area contributed by atoms with Gasteiger partial charge in [0.05, 0.1) is 0 Å². The highest BCUT2D eigenvalue weighted by atomic mass is 16.1. The summed E-state index contributed by atoms with van der Waals surface area (Å²) < 4.78 is 0. The smallest absolute Gasteiger partial charge is 0.236 e. The zero-order valence-electron chi connectivity index (χ0n) is 11.4. The lowest BCUT2D eigenvalue weighted by molar-refractivity contribution is -0.119. The molecule has 3 N–H and O–H groups in total. The van der Waals surface area contributed by atoms with Crippen molar-refractivity contribution in [3.8, 4) is 0 Å². The first kappa shape index (κ1) is 14.5. The standard InChI is InChI=1S/C14H23N3O/c1-4-16-13(14(15)18)10-17(5-2)12-8-6-11(3)7-9-12/h6-9,13,16H,4-5,10H2,1-3H3,(H2,15,18). The van der Waals surface area contributed by atoms with Crippen molar-refractivity contribution >= 4 is 11.6 Å². The van der Waals surface area contributed by atoms with E-state index in [0.717, 1.165) is 18.8 Å². The van der Waals surface area contributed by atoms with E-state index in [9.17, 15) is 4.79 Å². The number of nitrogens with one attached hydrogen (secondary N) is 1. The van der Waals surface area contributed by atoms with Gasteiger partial charge in [0.2, 0.25) is 5.91 Å². The fourth-order valence-corrected chi connectivity index (χ4v) is 1.89. The van der Waals surface area contributed by atoms with Crippen LogP contribution >= 0.6 is 0 Å². The average molecular weight is 249 g/mol. The second-order valence-electron chi connectivity index (χ2n) is 4.39. The molecule has 100 valence electrons. The van der Waals surface area contributed by atoms with Gasteiger partial charge in [-0.25, -0.2) is 0 Å². The number of benzene rings is 1. The molecule has 0 saturated carbocycles. The lowest BCUT2D eigenvalue weighted by atomic mass is 10.2. The Bertz CT molecular complexity index is 375. The minimum absolute atomic E-state index is 0.303. The van der Waals surface area contributed by atoms with Crippen LogP contribution in [0.2, 0.25) is 0 Å². The number of carbonyl (C=O) groups excluding carboxylic acids is 1. The van der Waals surface area contributed by atoms with Crippen molar-refractivity contribution in [2.45, 2.75) is 26.8 Å². The Hall–Kier alpha value is -1.55. The van der Waals surface area contributed by atoms with Gasteiger partial charge >= 0.3 is 0 Å². The van der Waals surface area contributed by atoms with Crippen LogP contribution in [0.25, 0.3) is 0 Å². The van der Waals surface area contributed by atoms with Gasteiger partial charge in [-0.1, -0.05) is 24.6 Å². The molecular formula is C14H23N3O. The fourth-order valence-electron chi connectivity index (χ4n) is 1.89. The molecule has 18 heavy (non-hydrogen) atoms. The van der Waals surface area contributed by atoms with E-state index in [2.05, 4.69) is 48.3 Å². The largest absolute Gasteiger partial charge is 0.370 e. The molecule has 0 bridgehead atoms. The first-order valence-corrected chi connectivity index (χ1v) is 6.42. The van der Waals surface area contributed by atoms with Crippen molar-refractivity contribution in [2.75, 3.05) is 24.5 Å². The normalized spacial score (nSPS) is 12.2. The Kier molecular flexibility index (Phi) is 5.65. The van der Waals surface area contributed by atoms with E-state index < -0.39 is 0 Å². The molecule has 1 rings (SSSR count). The maximum atomic E-state index is 11.4. The average Bonchev–Trinajstić information content (AvgIpc) is 2.35. The van der Waals surface area contributed by atoms with Gasteiger partial charge in [0.1, 0.15) is 6.04 Å². The molecule has 4 nitrogen and oxygen atoms in total. The van der Waals surface area contributed by atoms with E-state index in [-0.39, 0.29) is 11.9 Å². The van der Waals surface area contributed by atoms with Crippen molar-refractivity contribution in [1.82, 2.24) is 5.32 Å². The summed E-state index contributed by atoms with van der Waals surface area (Å²) in [6, 6.07) is 7.98. The van der Waals surface area contributed by atoms with Crippen LogP contribution < -0.4 is 16.0 Å². The highest BCUT2D eigenvalue weighted by Gasteiger charge is 2.17. The number of amides is 1. The minimum Gasteiger partial charge on any atom is -0.370 e. The van der Waals surface area contributed by atoms with E-state index in [0.29, 0.717) is 6.54 Å². The Labute approximate surface area is 109 Å². The Balaban J connectivity index is 2.76. The third kappa shape index (κ3) is 4.04.